The highest BCUT2D eigenvalue weighted by Crippen LogP contribution is 2.30. The van der Waals surface area contributed by atoms with Gasteiger partial charge < -0.3 is 10.1 Å². The monoisotopic (exact) mass is 458 g/mol. The lowest BCUT2D eigenvalue weighted by Gasteiger charge is -2.23. The number of halogens is 2. The highest BCUT2D eigenvalue weighted by molar-refractivity contribution is 7.92. The molecule has 1 amide bonds. The van der Waals surface area contributed by atoms with Crippen molar-refractivity contribution in [1.29, 1.82) is 0 Å². The van der Waals surface area contributed by atoms with Gasteiger partial charge in [0.25, 0.3) is 0 Å². The van der Waals surface area contributed by atoms with E-state index in [-0.39, 0.29) is 23.9 Å². The molecule has 0 aliphatic carbocycles. The molecule has 0 spiro atoms. The predicted octanol–water partition coefficient (Wildman–Crippen LogP) is 4.25. The van der Waals surface area contributed by atoms with Crippen LogP contribution in [-0.2, 0) is 21.4 Å². The normalized spacial score (nSPS) is 11.2. The van der Waals surface area contributed by atoms with Crippen LogP contribution in [0.5, 0.6) is 5.75 Å². The lowest BCUT2D eigenvalue weighted by molar-refractivity contribution is -0.121. The number of rotatable bonds is 10. The Morgan fingerprint density at radius 1 is 1.17 bits per heavy atom. The van der Waals surface area contributed by atoms with E-state index in [0.29, 0.717) is 30.3 Å². The summed E-state index contributed by atoms with van der Waals surface area (Å²) in [6.07, 6.45) is 1.59. The van der Waals surface area contributed by atoms with Gasteiger partial charge in [-0.15, -0.1) is 0 Å². The molecule has 2 aromatic rings. The van der Waals surface area contributed by atoms with Crippen LogP contribution in [0, 0.1) is 0 Å². The molecular formula is C20H24Cl2N2O4S. The number of hydrogen-bond donors (Lipinski definition) is 1. The molecule has 0 unspecified atom stereocenters. The Balaban J connectivity index is 1.94. The van der Waals surface area contributed by atoms with E-state index in [1.54, 1.807) is 12.1 Å². The minimum Gasteiger partial charge on any atom is -0.494 e. The smallest absolute Gasteiger partial charge is 0.232 e. The average Bonchev–Trinajstić information content (AvgIpc) is 2.66. The number of hydrogen-bond acceptors (Lipinski definition) is 4. The summed E-state index contributed by atoms with van der Waals surface area (Å²) in [6.45, 7) is 2.89. The minimum atomic E-state index is -3.58. The fourth-order valence-corrected chi connectivity index (χ4v) is 4.16. The maximum absolute atomic E-state index is 12.2. The van der Waals surface area contributed by atoms with Gasteiger partial charge in [0.05, 0.1) is 23.6 Å². The van der Waals surface area contributed by atoms with Crippen LogP contribution in [-0.4, -0.2) is 33.7 Å². The van der Waals surface area contributed by atoms with Crippen molar-refractivity contribution in [3.8, 4) is 5.75 Å². The molecule has 29 heavy (non-hydrogen) atoms. The third-order valence-corrected chi connectivity index (χ3v) is 5.83. The van der Waals surface area contributed by atoms with E-state index in [2.05, 4.69) is 5.32 Å². The van der Waals surface area contributed by atoms with Crippen LogP contribution < -0.4 is 14.4 Å². The van der Waals surface area contributed by atoms with Crippen molar-refractivity contribution in [1.82, 2.24) is 5.32 Å². The quantitative estimate of drug-likeness (QED) is 0.576. The van der Waals surface area contributed by atoms with Crippen molar-refractivity contribution in [2.45, 2.75) is 26.3 Å². The third-order valence-electron chi connectivity index (χ3n) is 4.09. The molecule has 158 valence electrons. The van der Waals surface area contributed by atoms with Gasteiger partial charge in [0.1, 0.15) is 5.75 Å². The number of anilines is 1. The summed E-state index contributed by atoms with van der Waals surface area (Å²) in [4.78, 5) is 12.2. The summed E-state index contributed by atoms with van der Waals surface area (Å²) in [6, 6.07) is 12.1. The SMILES string of the molecule is CCOc1ccccc1CNC(=O)CCCN(c1cc(Cl)ccc1Cl)S(C)(=O)=O. The van der Waals surface area contributed by atoms with E-state index in [9.17, 15) is 13.2 Å². The van der Waals surface area contributed by atoms with Gasteiger partial charge >= 0.3 is 0 Å². The maximum atomic E-state index is 12.2. The van der Waals surface area contributed by atoms with Gasteiger partial charge in [0.2, 0.25) is 15.9 Å². The molecule has 0 saturated carbocycles. The van der Waals surface area contributed by atoms with Crippen LogP contribution in [0.4, 0.5) is 5.69 Å². The van der Waals surface area contributed by atoms with Crippen molar-refractivity contribution < 1.29 is 17.9 Å². The molecule has 2 rings (SSSR count). The second-order valence-electron chi connectivity index (χ2n) is 6.35. The molecule has 6 nitrogen and oxygen atoms in total. The molecule has 0 radical (unpaired) electrons. The summed E-state index contributed by atoms with van der Waals surface area (Å²) >= 11 is 12.1. The number of carbonyl (C=O) groups is 1. The molecule has 0 bridgehead atoms. The van der Waals surface area contributed by atoms with Crippen LogP contribution in [0.25, 0.3) is 0 Å². The first-order valence-corrected chi connectivity index (χ1v) is 11.7. The first kappa shape index (κ1) is 23.3. The topological polar surface area (TPSA) is 75.7 Å². The Hall–Kier alpha value is -1.96. The number of nitrogens with one attached hydrogen (secondary N) is 1. The molecule has 0 saturated heterocycles. The first-order chi connectivity index (χ1) is 13.7. The van der Waals surface area contributed by atoms with Crippen LogP contribution in [0.2, 0.25) is 10.0 Å². The van der Waals surface area contributed by atoms with Gasteiger partial charge in [-0.3, -0.25) is 9.10 Å². The fourth-order valence-electron chi connectivity index (χ4n) is 2.75. The Bertz CT molecular complexity index is 951. The molecule has 0 aromatic heterocycles. The van der Waals surface area contributed by atoms with E-state index < -0.39 is 10.0 Å². The molecule has 2 aromatic carbocycles. The lowest BCUT2D eigenvalue weighted by atomic mass is 10.2. The molecule has 0 aliphatic heterocycles. The number of nitrogens with zero attached hydrogens (tertiary/aromatic N) is 1. The summed E-state index contributed by atoms with van der Waals surface area (Å²) < 4.78 is 31.1. The summed E-state index contributed by atoms with van der Waals surface area (Å²) in [5.41, 5.74) is 1.18. The van der Waals surface area contributed by atoms with Crippen LogP contribution >= 0.6 is 23.2 Å². The van der Waals surface area contributed by atoms with Gasteiger partial charge in [-0.2, -0.15) is 0 Å². The Labute approximate surface area is 181 Å². The maximum Gasteiger partial charge on any atom is 0.232 e. The zero-order chi connectivity index (χ0) is 21.4. The molecular weight excluding hydrogens is 435 g/mol. The number of benzene rings is 2. The summed E-state index contributed by atoms with van der Waals surface area (Å²) in [5, 5.41) is 3.49. The van der Waals surface area contributed by atoms with Crippen LogP contribution in [0.15, 0.2) is 42.5 Å². The second-order valence-corrected chi connectivity index (χ2v) is 9.10. The van der Waals surface area contributed by atoms with Crippen molar-refractivity contribution >= 4 is 44.8 Å². The minimum absolute atomic E-state index is 0.113. The first-order valence-electron chi connectivity index (χ1n) is 9.12. The fraction of sp³-hybridized carbons (Fsp3) is 0.350. The third kappa shape index (κ3) is 7.10. The number of ether oxygens (including phenoxy) is 1. The largest absolute Gasteiger partial charge is 0.494 e. The Kier molecular flexibility index (Phi) is 8.61. The van der Waals surface area contributed by atoms with Gasteiger partial charge in [-0.1, -0.05) is 41.4 Å². The van der Waals surface area contributed by atoms with Gasteiger partial charge in [-0.05, 0) is 37.6 Å². The standard InChI is InChI=1S/C20H24Cl2N2O4S/c1-3-28-19-8-5-4-7-15(19)14-23-20(25)9-6-12-24(29(2,26)27)18-13-16(21)10-11-17(18)22/h4-5,7-8,10-11,13H,3,6,9,12,14H2,1-2H3,(H,23,25). The number of para-hydroxylation sites is 1. The molecule has 1 N–H and O–H groups in total. The summed E-state index contributed by atoms with van der Waals surface area (Å²) in [5.74, 6) is 0.552. The van der Waals surface area contributed by atoms with Crippen LogP contribution in [0.3, 0.4) is 0 Å². The highest BCUT2D eigenvalue weighted by atomic mass is 35.5. The van der Waals surface area contributed by atoms with Gasteiger partial charge in [-0.25, -0.2) is 8.42 Å². The zero-order valence-corrected chi connectivity index (χ0v) is 18.6. The van der Waals surface area contributed by atoms with E-state index in [4.69, 9.17) is 27.9 Å². The Morgan fingerprint density at radius 2 is 1.90 bits per heavy atom. The van der Waals surface area contributed by atoms with Crippen molar-refractivity contribution in [2.75, 3.05) is 23.7 Å². The van der Waals surface area contributed by atoms with Crippen molar-refractivity contribution in [3.05, 3.63) is 58.1 Å². The molecule has 0 atom stereocenters. The van der Waals surface area contributed by atoms with Crippen molar-refractivity contribution in [3.63, 3.8) is 0 Å². The van der Waals surface area contributed by atoms with E-state index in [0.717, 1.165) is 17.6 Å². The van der Waals surface area contributed by atoms with Crippen molar-refractivity contribution in [2.24, 2.45) is 0 Å². The molecule has 0 fully saturated rings. The van der Waals surface area contributed by atoms with Crippen LogP contribution in [0.1, 0.15) is 25.3 Å². The Morgan fingerprint density at radius 3 is 2.59 bits per heavy atom. The van der Waals surface area contributed by atoms with Gasteiger partial charge in [0.15, 0.2) is 0 Å². The zero-order valence-electron chi connectivity index (χ0n) is 16.3. The molecule has 0 heterocycles. The van der Waals surface area contributed by atoms with E-state index >= 15 is 0 Å². The lowest BCUT2D eigenvalue weighted by Crippen LogP contribution is -2.32. The number of sulfonamides is 1. The summed E-state index contributed by atoms with van der Waals surface area (Å²) in [7, 11) is -3.58. The number of carbonyl (C=O) groups excluding carboxylic acids is 1. The average molecular weight is 459 g/mol. The molecule has 9 heteroatoms. The predicted molar refractivity (Wildman–Crippen MR) is 117 cm³/mol. The van der Waals surface area contributed by atoms with Gasteiger partial charge in [0, 0.05) is 30.1 Å². The number of amides is 1. The second kappa shape index (κ2) is 10.7. The van der Waals surface area contributed by atoms with E-state index in [1.807, 2.05) is 31.2 Å². The highest BCUT2D eigenvalue weighted by Gasteiger charge is 2.20. The van der Waals surface area contributed by atoms with E-state index in [1.165, 1.54) is 10.4 Å². The molecule has 0 aliphatic rings.